The van der Waals surface area contributed by atoms with E-state index in [1.165, 1.54) is 0 Å². The normalized spacial score (nSPS) is 24.1. The smallest absolute Gasteiger partial charge is 0.223 e. The first-order valence-corrected chi connectivity index (χ1v) is 9.79. The van der Waals surface area contributed by atoms with E-state index in [4.69, 9.17) is 4.74 Å². The van der Waals surface area contributed by atoms with Gasteiger partial charge in [0.25, 0.3) is 0 Å². The molecule has 0 saturated carbocycles. The molecule has 0 aromatic heterocycles. The van der Waals surface area contributed by atoms with Gasteiger partial charge in [-0.3, -0.25) is 4.79 Å². The van der Waals surface area contributed by atoms with Gasteiger partial charge < -0.3 is 15.4 Å². The monoisotopic (exact) mass is 333 g/mol. The fourth-order valence-electron chi connectivity index (χ4n) is 2.80. The fraction of sp³-hybridized carbons (Fsp3) is 0.929. The second-order valence-corrected chi connectivity index (χ2v) is 7.90. The number of rotatable bonds is 7. The highest BCUT2D eigenvalue weighted by Crippen LogP contribution is 2.12. The van der Waals surface area contributed by atoms with E-state index in [9.17, 15) is 13.2 Å². The van der Waals surface area contributed by atoms with E-state index < -0.39 is 10.0 Å². The van der Waals surface area contributed by atoms with Crippen LogP contribution in [0.5, 0.6) is 0 Å². The standard InChI is InChI=1S/C14H27N3O4S/c18-14(12-4-6-15-7-5-12)16-8-10-22(19,20)17-11-13-3-1-2-9-21-13/h12-13,15,17H,1-11H2,(H,16,18). The molecule has 0 aromatic rings. The predicted molar refractivity (Wildman–Crippen MR) is 84.0 cm³/mol. The average molecular weight is 333 g/mol. The highest BCUT2D eigenvalue weighted by atomic mass is 32.2. The maximum Gasteiger partial charge on any atom is 0.223 e. The lowest BCUT2D eigenvalue weighted by Gasteiger charge is -2.23. The summed E-state index contributed by atoms with van der Waals surface area (Å²) >= 11 is 0. The number of ether oxygens (including phenoxy) is 1. The molecule has 8 heteroatoms. The Morgan fingerprint density at radius 2 is 1.95 bits per heavy atom. The Morgan fingerprint density at radius 1 is 1.18 bits per heavy atom. The maximum atomic E-state index is 11.9. The Morgan fingerprint density at radius 3 is 2.64 bits per heavy atom. The Labute approximate surface area is 132 Å². The van der Waals surface area contributed by atoms with Crippen LogP contribution >= 0.6 is 0 Å². The molecule has 2 aliphatic rings. The minimum atomic E-state index is -3.36. The Hall–Kier alpha value is -0.700. The molecule has 2 heterocycles. The van der Waals surface area contributed by atoms with Gasteiger partial charge >= 0.3 is 0 Å². The summed E-state index contributed by atoms with van der Waals surface area (Å²) in [6.45, 7) is 2.88. The molecule has 2 aliphatic heterocycles. The number of carbonyl (C=O) groups excluding carboxylic acids is 1. The van der Waals surface area contributed by atoms with Gasteiger partial charge in [0.15, 0.2) is 0 Å². The largest absolute Gasteiger partial charge is 0.377 e. The summed E-state index contributed by atoms with van der Waals surface area (Å²) in [5, 5.41) is 5.93. The molecule has 1 amide bonds. The highest BCUT2D eigenvalue weighted by molar-refractivity contribution is 7.89. The van der Waals surface area contributed by atoms with Crippen molar-refractivity contribution in [3.63, 3.8) is 0 Å². The lowest BCUT2D eigenvalue weighted by atomic mass is 9.97. The number of sulfonamides is 1. The van der Waals surface area contributed by atoms with Gasteiger partial charge in [-0.15, -0.1) is 0 Å². The van der Waals surface area contributed by atoms with Gasteiger partial charge in [0.1, 0.15) is 0 Å². The van der Waals surface area contributed by atoms with E-state index >= 15 is 0 Å². The second-order valence-electron chi connectivity index (χ2n) is 5.97. The third-order valence-electron chi connectivity index (χ3n) is 4.18. The molecule has 7 nitrogen and oxygen atoms in total. The van der Waals surface area contributed by atoms with Gasteiger partial charge in [-0.2, -0.15) is 0 Å². The minimum absolute atomic E-state index is 0.00699. The number of hydrogen-bond donors (Lipinski definition) is 3. The van der Waals surface area contributed by atoms with Crippen LogP contribution in [0, 0.1) is 5.92 Å². The molecular weight excluding hydrogens is 306 g/mol. The summed E-state index contributed by atoms with van der Waals surface area (Å²) in [6.07, 6.45) is 4.64. The van der Waals surface area contributed by atoms with Gasteiger partial charge in [-0.25, -0.2) is 13.1 Å². The van der Waals surface area contributed by atoms with Crippen LogP contribution in [0.25, 0.3) is 0 Å². The molecule has 1 unspecified atom stereocenters. The van der Waals surface area contributed by atoms with E-state index in [2.05, 4.69) is 15.4 Å². The summed E-state index contributed by atoms with van der Waals surface area (Å²) < 4.78 is 31.9. The molecule has 2 fully saturated rings. The van der Waals surface area contributed by atoms with Gasteiger partial charge in [0.2, 0.25) is 15.9 Å². The van der Waals surface area contributed by atoms with Crippen LogP contribution in [0.1, 0.15) is 32.1 Å². The number of piperidine rings is 1. The molecule has 1 atom stereocenters. The third-order valence-corrected chi connectivity index (χ3v) is 5.53. The van der Waals surface area contributed by atoms with E-state index in [-0.39, 0.29) is 30.2 Å². The Bertz CT molecular complexity index is 443. The van der Waals surface area contributed by atoms with Gasteiger partial charge in [0.05, 0.1) is 11.9 Å². The maximum absolute atomic E-state index is 11.9. The number of amides is 1. The summed E-state index contributed by atoms with van der Waals surface area (Å²) in [5.41, 5.74) is 0. The molecule has 22 heavy (non-hydrogen) atoms. The van der Waals surface area contributed by atoms with E-state index in [0.717, 1.165) is 45.2 Å². The zero-order valence-corrected chi connectivity index (χ0v) is 13.8. The van der Waals surface area contributed by atoms with Crippen molar-refractivity contribution < 1.29 is 17.9 Å². The fourth-order valence-corrected chi connectivity index (χ4v) is 3.75. The SMILES string of the molecule is O=C(NCCS(=O)(=O)NCC1CCCCO1)C1CCNCC1. The highest BCUT2D eigenvalue weighted by Gasteiger charge is 2.21. The predicted octanol–water partition coefficient (Wildman–Crippen LogP) is -0.409. The molecule has 128 valence electrons. The molecular formula is C14H27N3O4S. The average Bonchev–Trinajstić information content (AvgIpc) is 2.55. The van der Waals surface area contributed by atoms with Crippen LogP contribution in [0.15, 0.2) is 0 Å². The third kappa shape index (κ3) is 6.20. The molecule has 3 N–H and O–H groups in total. The molecule has 2 saturated heterocycles. The molecule has 0 bridgehead atoms. The summed E-state index contributed by atoms with van der Waals surface area (Å²) in [6, 6.07) is 0. The summed E-state index contributed by atoms with van der Waals surface area (Å²) in [7, 11) is -3.36. The Balaban J connectivity index is 1.62. The lowest BCUT2D eigenvalue weighted by molar-refractivity contribution is -0.125. The van der Waals surface area contributed by atoms with Crippen molar-refractivity contribution >= 4 is 15.9 Å². The first-order chi connectivity index (χ1) is 10.6. The molecule has 2 rings (SSSR count). The number of carbonyl (C=O) groups is 1. The second kappa shape index (κ2) is 8.81. The van der Waals surface area contributed by atoms with Crippen molar-refractivity contribution in [2.75, 3.05) is 38.5 Å². The Kier molecular flexibility index (Phi) is 7.07. The van der Waals surface area contributed by atoms with E-state index in [1.54, 1.807) is 0 Å². The van der Waals surface area contributed by atoms with Crippen LogP contribution in [0.3, 0.4) is 0 Å². The van der Waals surface area contributed by atoms with Crippen LogP contribution in [-0.2, 0) is 19.6 Å². The van der Waals surface area contributed by atoms with Crippen LogP contribution < -0.4 is 15.4 Å². The van der Waals surface area contributed by atoms with Crippen molar-refractivity contribution in [1.29, 1.82) is 0 Å². The van der Waals surface area contributed by atoms with Crippen molar-refractivity contribution in [2.45, 2.75) is 38.2 Å². The van der Waals surface area contributed by atoms with Gasteiger partial charge in [-0.1, -0.05) is 0 Å². The van der Waals surface area contributed by atoms with Gasteiger partial charge in [0, 0.05) is 25.6 Å². The van der Waals surface area contributed by atoms with Crippen LogP contribution in [0.4, 0.5) is 0 Å². The van der Waals surface area contributed by atoms with Crippen molar-refractivity contribution in [1.82, 2.24) is 15.4 Å². The lowest BCUT2D eigenvalue weighted by Crippen LogP contribution is -2.42. The molecule has 0 radical (unpaired) electrons. The van der Waals surface area contributed by atoms with Crippen LogP contribution in [0.2, 0.25) is 0 Å². The minimum Gasteiger partial charge on any atom is -0.377 e. The van der Waals surface area contributed by atoms with E-state index in [1.807, 2.05) is 0 Å². The quantitative estimate of drug-likeness (QED) is 0.589. The molecule has 0 aromatic carbocycles. The zero-order chi connectivity index (χ0) is 15.8. The van der Waals surface area contributed by atoms with Crippen LogP contribution in [-0.4, -0.2) is 59.0 Å². The molecule has 0 aliphatic carbocycles. The van der Waals surface area contributed by atoms with Crippen molar-refractivity contribution in [2.24, 2.45) is 5.92 Å². The van der Waals surface area contributed by atoms with Gasteiger partial charge in [-0.05, 0) is 45.2 Å². The van der Waals surface area contributed by atoms with Crippen molar-refractivity contribution in [3.05, 3.63) is 0 Å². The number of hydrogen-bond acceptors (Lipinski definition) is 5. The zero-order valence-electron chi connectivity index (χ0n) is 13.0. The summed E-state index contributed by atoms with van der Waals surface area (Å²) in [4.78, 5) is 11.9. The first-order valence-electron chi connectivity index (χ1n) is 8.14. The number of nitrogens with one attached hydrogen (secondary N) is 3. The summed E-state index contributed by atoms with van der Waals surface area (Å²) in [5.74, 6) is -0.115. The topological polar surface area (TPSA) is 96.5 Å². The first kappa shape index (κ1) is 17.7. The van der Waals surface area contributed by atoms with E-state index in [0.29, 0.717) is 13.2 Å². The van der Waals surface area contributed by atoms with Crippen molar-refractivity contribution in [3.8, 4) is 0 Å². The molecule has 0 spiro atoms.